The summed E-state index contributed by atoms with van der Waals surface area (Å²) in [7, 11) is 1.95. The summed E-state index contributed by atoms with van der Waals surface area (Å²) in [6, 6.07) is 9.75. The van der Waals surface area contributed by atoms with Gasteiger partial charge in [-0.25, -0.2) is 0 Å². The van der Waals surface area contributed by atoms with Gasteiger partial charge in [-0.15, -0.1) is 0 Å². The van der Waals surface area contributed by atoms with E-state index in [-0.39, 0.29) is 5.92 Å². The van der Waals surface area contributed by atoms with Gasteiger partial charge in [-0.3, -0.25) is 9.69 Å². The summed E-state index contributed by atoms with van der Waals surface area (Å²) in [5.74, 6) is 0.576. The highest BCUT2D eigenvalue weighted by atomic mass is 16.2. The van der Waals surface area contributed by atoms with Crippen LogP contribution >= 0.6 is 0 Å². The zero-order valence-corrected chi connectivity index (χ0v) is 17.7. The van der Waals surface area contributed by atoms with Crippen LogP contribution in [0.25, 0.3) is 0 Å². The lowest BCUT2D eigenvalue weighted by Gasteiger charge is -2.42. The topological polar surface area (TPSA) is 26.8 Å². The first-order valence-electron chi connectivity index (χ1n) is 10.7. The molecule has 2 aliphatic rings. The molecule has 2 aliphatic heterocycles. The van der Waals surface area contributed by atoms with Gasteiger partial charge in [0.15, 0.2) is 0 Å². The first kappa shape index (κ1) is 20.3. The number of benzene rings is 1. The Balaban J connectivity index is 1.43. The zero-order chi connectivity index (χ0) is 19.4. The summed E-state index contributed by atoms with van der Waals surface area (Å²) < 4.78 is 0. The van der Waals surface area contributed by atoms with Crippen LogP contribution in [0.3, 0.4) is 0 Å². The molecule has 3 rings (SSSR count). The molecule has 0 aliphatic carbocycles. The number of rotatable bonds is 5. The number of hydrogen-bond acceptors (Lipinski definition) is 3. The third kappa shape index (κ3) is 5.11. The monoisotopic (exact) mass is 371 g/mol. The Hall–Kier alpha value is -1.39. The van der Waals surface area contributed by atoms with Gasteiger partial charge >= 0.3 is 0 Å². The fourth-order valence-electron chi connectivity index (χ4n) is 4.53. The van der Waals surface area contributed by atoms with Gasteiger partial charge in [0.2, 0.25) is 5.91 Å². The molecule has 2 fully saturated rings. The van der Waals surface area contributed by atoms with Gasteiger partial charge in [0, 0.05) is 31.6 Å². The summed E-state index contributed by atoms with van der Waals surface area (Å²) in [5, 5.41) is 0. The Morgan fingerprint density at radius 3 is 2.30 bits per heavy atom. The summed E-state index contributed by atoms with van der Waals surface area (Å²) in [6.07, 6.45) is 4.57. The lowest BCUT2D eigenvalue weighted by molar-refractivity contribution is -0.137. The maximum Gasteiger partial charge on any atom is 0.225 e. The van der Waals surface area contributed by atoms with Crippen LogP contribution in [0.15, 0.2) is 24.3 Å². The number of piperidine rings is 2. The maximum absolute atomic E-state index is 12.6. The van der Waals surface area contributed by atoms with E-state index >= 15 is 0 Å². The number of amides is 1. The van der Waals surface area contributed by atoms with E-state index in [2.05, 4.69) is 54.8 Å². The van der Waals surface area contributed by atoms with E-state index in [9.17, 15) is 4.79 Å². The van der Waals surface area contributed by atoms with Crippen LogP contribution in [0.5, 0.6) is 0 Å². The number of carbonyl (C=O) groups is 1. The summed E-state index contributed by atoms with van der Waals surface area (Å²) in [6.45, 7) is 12.0. The molecule has 0 radical (unpaired) electrons. The van der Waals surface area contributed by atoms with E-state index in [1.807, 2.05) is 11.9 Å². The SMILES string of the molecule is Cc1ccccc1CN1CCC(N2CCC(C(=O)N(C)C(C)C)CC2)CC1. The molecule has 0 unspecified atom stereocenters. The second-order valence-electron chi connectivity index (χ2n) is 8.79. The Kier molecular flexibility index (Phi) is 6.93. The molecule has 27 heavy (non-hydrogen) atoms. The van der Waals surface area contributed by atoms with Gasteiger partial charge < -0.3 is 9.80 Å². The van der Waals surface area contributed by atoms with E-state index < -0.39 is 0 Å². The predicted octanol–water partition coefficient (Wildman–Crippen LogP) is 3.54. The largest absolute Gasteiger partial charge is 0.343 e. The summed E-state index contributed by atoms with van der Waals surface area (Å²) in [4.78, 5) is 19.7. The van der Waals surface area contributed by atoms with Crippen LogP contribution in [0.1, 0.15) is 50.7 Å². The minimum atomic E-state index is 0.231. The van der Waals surface area contributed by atoms with Crippen molar-refractivity contribution in [2.45, 2.75) is 65.1 Å². The fourth-order valence-corrected chi connectivity index (χ4v) is 4.53. The molecule has 0 atom stereocenters. The molecule has 1 amide bonds. The standard InChI is InChI=1S/C23H37N3O/c1-18(2)24(4)23(27)20-9-15-26(16-10-20)22-11-13-25(14-12-22)17-21-8-6-5-7-19(21)3/h5-8,18,20,22H,9-17H2,1-4H3. The van der Waals surface area contributed by atoms with Crippen molar-refractivity contribution in [3.05, 3.63) is 35.4 Å². The lowest BCUT2D eigenvalue weighted by Crippen LogP contribution is -2.49. The molecule has 1 aromatic carbocycles. The van der Waals surface area contributed by atoms with Crippen LogP contribution in [0, 0.1) is 12.8 Å². The van der Waals surface area contributed by atoms with E-state index in [4.69, 9.17) is 0 Å². The number of likely N-dealkylation sites (tertiary alicyclic amines) is 2. The molecule has 0 bridgehead atoms. The minimum absolute atomic E-state index is 0.231. The van der Waals surface area contributed by atoms with Gasteiger partial charge in [-0.05, 0) is 83.8 Å². The molecule has 150 valence electrons. The van der Waals surface area contributed by atoms with Crippen molar-refractivity contribution in [3.8, 4) is 0 Å². The van der Waals surface area contributed by atoms with Gasteiger partial charge in [-0.1, -0.05) is 24.3 Å². The van der Waals surface area contributed by atoms with Crippen LogP contribution in [-0.2, 0) is 11.3 Å². The molecular formula is C23H37N3O. The summed E-state index contributed by atoms with van der Waals surface area (Å²) in [5.41, 5.74) is 2.86. The molecular weight excluding hydrogens is 334 g/mol. The summed E-state index contributed by atoms with van der Waals surface area (Å²) >= 11 is 0. The maximum atomic E-state index is 12.6. The quantitative estimate of drug-likeness (QED) is 0.792. The molecule has 4 nitrogen and oxygen atoms in total. The van der Waals surface area contributed by atoms with Gasteiger partial charge in [0.05, 0.1) is 0 Å². The molecule has 2 saturated heterocycles. The number of aryl methyl sites for hydroxylation is 1. The van der Waals surface area contributed by atoms with Crippen LogP contribution in [0.4, 0.5) is 0 Å². The Bertz CT molecular complexity index is 614. The molecule has 0 spiro atoms. The van der Waals surface area contributed by atoms with E-state index in [1.54, 1.807) is 0 Å². The minimum Gasteiger partial charge on any atom is -0.343 e. The number of hydrogen-bond donors (Lipinski definition) is 0. The third-order valence-corrected chi connectivity index (χ3v) is 6.73. The predicted molar refractivity (Wildman–Crippen MR) is 112 cm³/mol. The highest BCUT2D eigenvalue weighted by Crippen LogP contribution is 2.26. The molecule has 2 heterocycles. The molecule has 0 saturated carbocycles. The van der Waals surface area contributed by atoms with Crippen LogP contribution in [0.2, 0.25) is 0 Å². The van der Waals surface area contributed by atoms with Crippen LogP contribution in [-0.4, -0.2) is 65.9 Å². The van der Waals surface area contributed by atoms with Gasteiger partial charge in [0.1, 0.15) is 0 Å². The van der Waals surface area contributed by atoms with Gasteiger partial charge in [-0.2, -0.15) is 0 Å². The second kappa shape index (κ2) is 9.20. The third-order valence-electron chi connectivity index (χ3n) is 6.73. The first-order valence-corrected chi connectivity index (χ1v) is 10.7. The van der Waals surface area contributed by atoms with Crippen molar-refractivity contribution in [1.82, 2.24) is 14.7 Å². The van der Waals surface area contributed by atoms with Crippen molar-refractivity contribution in [1.29, 1.82) is 0 Å². The van der Waals surface area contributed by atoms with E-state index in [0.717, 1.165) is 32.5 Å². The molecule has 1 aromatic rings. The fraction of sp³-hybridized carbons (Fsp3) is 0.696. The van der Waals surface area contributed by atoms with Crippen molar-refractivity contribution in [2.75, 3.05) is 33.2 Å². The van der Waals surface area contributed by atoms with Crippen molar-refractivity contribution in [3.63, 3.8) is 0 Å². The zero-order valence-electron chi connectivity index (χ0n) is 17.7. The van der Waals surface area contributed by atoms with Gasteiger partial charge in [0.25, 0.3) is 0 Å². The Labute approximate surface area is 165 Å². The van der Waals surface area contributed by atoms with Crippen molar-refractivity contribution >= 4 is 5.91 Å². The highest BCUT2D eigenvalue weighted by molar-refractivity contribution is 5.78. The number of carbonyl (C=O) groups excluding carboxylic acids is 1. The first-order chi connectivity index (χ1) is 13.0. The Morgan fingerprint density at radius 1 is 1.07 bits per heavy atom. The smallest absolute Gasteiger partial charge is 0.225 e. The van der Waals surface area contributed by atoms with Crippen molar-refractivity contribution < 1.29 is 4.79 Å². The molecule has 4 heteroatoms. The average Bonchev–Trinajstić information content (AvgIpc) is 2.69. The van der Waals surface area contributed by atoms with E-state index in [1.165, 1.54) is 37.1 Å². The lowest BCUT2D eigenvalue weighted by atomic mass is 9.92. The molecule has 0 N–H and O–H groups in total. The second-order valence-corrected chi connectivity index (χ2v) is 8.79. The number of nitrogens with zero attached hydrogens (tertiary/aromatic N) is 3. The normalized spacial score (nSPS) is 20.9. The van der Waals surface area contributed by atoms with Crippen molar-refractivity contribution in [2.24, 2.45) is 5.92 Å². The van der Waals surface area contributed by atoms with Crippen LogP contribution < -0.4 is 0 Å². The molecule has 0 aromatic heterocycles. The Morgan fingerprint density at radius 2 is 1.70 bits per heavy atom. The van der Waals surface area contributed by atoms with E-state index in [0.29, 0.717) is 18.0 Å². The highest BCUT2D eigenvalue weighted by Gasteiger charge is 2.32. The average molecular weight is 372 g/mol.